The van der Waals surface area contributed by atoms with E-state index in [1.807, 2.05) is 30.3 Å². The summed E-state index contributed by atoms with van der Waals surface area (Å²) < 4.78 is 12.5. The Bertz CT molecular complexity index is 885. The summed E-state index contributed by atoms with van der Waals surface area (Å²) >= 11 is 3.62. The Hall–Kier alpha value is -2.37. The number of aromatic nitrogens is 1. The lowest BCUT2D eigenvalue weighted by Gasteiger charge is -2.15. The summed E-state index contributed by atoms with van der Waals surface area (Å²) in [5.74, 6) is 1.43. The number of hydrogen-bond donors (Lipinski definition) is 1. The number of pyridine rings is 1. The van der Waals surface area contributed by atoms with Gasteiger partial charge in [-0.15, -0.1) is 0 Å². The first-order valence-corrected chi connectivity index (χ1v) is 9.60. The van der Waals surface area contributed by atoms with Crippen molar-refractivity contribution in [2.45, 2.75) is 26.6 Å². The standard InChI is InChI=1S/C22H23BrN2O2/c1-16-6-5-7-17(10-16)15-27-22-20(23)11-18(12-21(22)26-2)13-24-14-19-8-3-4-9-25-19/h3-12,24H,13-15H2,1-2H3. The third-order valence-electron chi connectivity index (χ3n) is 4.12. The number of rotatable bonds is 8. The van der Waals surface area contributed by atoms with Crippen LogP contribution >= 0.6 is 15.9 Å². The zero-order valence-electron chi connectivity index (χ0n) is 15.5. The predicted octanol–water partition coefficient (Wildman–Crippen LogP) is 5.03. The van der Waals surface area contributed by atoms with Gasteiger partial charge in [0.1, 0.15) is 6.61 Å². The van der Waals surface area contributed by atoms with Gasteiger partial charge in [0.25, 0.3) is 0 Å². The number of nitrogens with one attached hydrogen (secondary N) is 1. The number of halogens is 1. The molecule has 2 aromatic carbocycles. The molecular weight excluding hydrogens is 404 g/mol. The van der Waals surface area contributed by atoms with Crippen molar-refractivity contribution < 1.29 is 9.47 Å². The fourth-order valence-electron chi connectivity index (χ4n) is 2.81. The van der Waals surface area contributed by atoms with Crippen molar-refractivity contribution in [2.24, 2.45) is 0 Å². The smallest absolute Gasteiger partial charge is 0.175 e. The molecule has 1 aromatic heterocycles. The second-order valence-electron chi connectivity index (χ2n) is 6.31. The molecule has 5 heteroatoms. The largest absolute Gasteiger partial charge is 0.493 e. The van der Waals surface area contributed by atoms with Gasteiger partial charge in [-0.2, -0.15) is 0 Å². The number of benzene rings is 2. The fourth-order valence-corrected chi connectivity index (χ4v) is 3.41. The first-order chi connectivity index (χ1) is 13.2. The lowest BCUT2D eigenvalue weighted by atomic mass is 10.1. The zero-order valence-corrected chi connectivity index (χ0v) is 17.1. The zero-order chi connectivity index (χ0) is 19.1. The van der Waals surface area contributed by atoms with E-state index in [9.17, 15) is 0 Å². The lowest BCUT2D eigenvalue weighted by Crippen LogP contribution is -2.13. The Labute approximate surface area is 168 Å². The summed E-state index contributed by atoms with van der Waals surface area (Å²) in [6, 6.07) is 18.3. The van der Waals surface area contributed by atoms with E-state index in [4.69, 9.17) is 9.47 Å². The molecule has 27 heavy (non-hydrogen) atoms. The number of nitrogens with zero attached hydrogens (tertiary/aromatic N) is 1. The minimum atomic E-state index is 0.494. The van der Waals surface area contributed by atoms with Crippen LogP contribution in [0.1, 0.15) is 22.4 Å². The van der Waals surface area contributed by atoms with Crippen LogP contribution in [0.25, 0.3) is 0 Å². The number of hydrogen-bond acceptors (Lipinski definition) is 4. The van der Waals surface area contributed by atoms with Crippen LogP contribution < -0.4 is 14.8 Å². The van der Waals surface area contributed by atoms with Crippen LogP contribution in [0.15, 0.2) is 65.3 Å². The average Bonchev–Trinajstić information content (AvgIpc) is 2.67. The van der Waals surface area contributed by atoms with Gasteiger partial charge < -0.3 is 14.8 Å². The summed E-state index contributed by atoms with van der Waals surface area (Å²) in [6.45, 7) is 4.00. The third-order valence-corrected chi connectivity index (χ3v) is 4.71. The number of ether oxygens (including phenoxy) is 2. The summed E-state index contributed by atoms with van der Waals surface area (Å²) in [5.41, 5.74) is 4.47. The number of aryl methyl sites for hydroxylation is 1. The Morgan fingerprint density at radius 3 is 2.63 bits per heavy atom. The van der Waals surface area contributed by atoms with Gasteiger partial charge in [0.05, 0.1) is 17.3 Å². The molecule has 0 amide bonds. The van der Waals surface area contributed by atoms with Crippen molar-refractivity contribution in [2.75, 3.05) is 7.11 Å². The number of methoxy groups -OCH3 is 1. The van der Waals surface area contributed by atoms with Crippen LogP contribution in [-0.2, 0) is 19.7 Å². The molecule has 0 atom stereocenters. The van der Waals surface area contributed by atoms with E-state index in [0.717, 1.165) is 21.3 Å². The van der Waals surface area contributed by atoms with Crippen molar-refractivity contribution in [1.29, 1.82) is 0 Å². The predicted molar refractivity (Wildman–Crippen MR) is 111 cm³/mol. The van der Waals surface area contributed by atoms with Crippen molar-refractivity contribution in [3.05, 3.63) is 87.7 Å². The Morgan fingerprint density at radius 1 is 1.00 bits per heavy atom. The molecule has 0 saturated carbocycles. The Balaban J connectivity index is 1.65. The minimum absolute atomic E-state index is 0.494. The highest BCUT2D eigenvalue weighted by Gasteiger charge is 2.12. The first kappa shape index (κ1) is 19.4. The van der Waals surface area contributed by atoms with E-state index in [1.165, 1.54) is 5.56 Å². The molecule has 0 aliphatic heterocycles. The van der Waals surface area contributed by atoms with Gasteiger partial charge in [0.2, 0.25) is 0 Å². The molecule has 1 heterocycles. The van der Waals surface area contributed by atoms with Gasteiger partial charge in [0.15, 0.2) is 11.5 Å². The van der Waals surface area contributed by atoms with Crippen LogP contribution in [0.4, 0.5) is 0 Å². The molecule has 0 radical (unpaired) electrons. The van der Waals surface area contributed by atoms with E-state index in [0.29, 0.717) is 31.2 Å². The summed E-state index contributed by atoms with van der Waals surface area (Å²) in [5, 5.41) is 3.40. The maximum absolute atomic E-state index is 6.03. The molecule has 0 bridgehead atoms. The first-order valence-electron chi connectivity index (χ1n) is 8.81. The van der Waals surface area contributed by atoms with Gasteiger partial charge in [0, 0.05) is 19.3 Å². The molecule has 0 aliphatic carbocycles. The summed E-state index contributed by atoms with van der Waals surface area (Å²) in [7, 11) is 1.66. The van der Waals surface area contributed by atoms with E-state index in [-0.39, 0.29) is 0 Å². The summed E-state index contributed by atoms with van der Waals surface area (Å²) in [4.78, 5) is 4.32. The molecular formula is C22H23BrN2O2. The maximum atomic E-state index is 6.03. The van der Waals surface area contributed by atoms with E-state index in [2.05, 4.69) is 57.4 Å². The molecule has 0 saturated heterocycles. The highest BCUT2D eigenvalue weighted by atomic mass is 79.9. The SMILES string of the molecule is COc1cc(CNCc2ccccn2)cc(Br)c1OCc1cccc(C)c1. The van der Waals surface area contributed by atoms with Gasteiger partial charge in [-0.3, -0.25) is 4.98 Å². The Morgan fingerprint density at radius 2 is 1.89 bits per heavy atom. The van der Waals surface area contributed by atoms with Gasteiger partial charge in [-0.25, -0.2) is 0 Å². The van der Waals surface area contributed by atoms with E-state index < -0.39 is 0 Å². The van der Waals surface area contributed by atoms with Crippen molar-refractivity contribution in [1.82, 2.24) is 10.3 Å². The van der Waals surface area contributed by atoms with Gasteiger partial charge in [-0.1, -0.05) is 35.9 Å². The van der Waals surface area contributed by atoms with Gasteiger partial charge in [-0.05, 0) is 58.2 Å². The van der Waals surface area contributed by atoms with Crippen LogP contribution in [0.5, 0.6) is 11.5 Å². The highest BCUT2D eigenvalue weighted by Crippen LogP contribution is 2.37. The second kappa shape index (κ2) is 9.53. The average molecular weight is 427 g/mol. The lowest BCUT2D eigenvalue weighted by molar-refractivity contribution is 0.282. The molecule has 0 spiro atoms. The highest BCUT2D eigenvalue weighted by molar-refractivity contribution is 9.10. The van der Waals surface area contributed by atoms with Crippen molar-refractivity contribution >= 4 is 15.9 Å². The van der Waals surface area contributed by atoms with E-state index in [1.54, 1.807) is 13.3 Å². The third kappa shape index (κ3) is 5.55. The van der Waals surface area contributed by atoms with Crippen LogP contribution in [0.2, 0.25) is 0 Å². The molecule has 4 nitrogen and oxygen atoms in total. The van der Waals surface area contributed by atoms with Crippen molar-refractivity contribution in [3.63, 3.8) is 0 Å². The molecule has 0 aliphatic rings. The normalized spacial score (nSPS) is 10.6. The van der Waals surface area contributed by atoms with E-state index >= 15 is 0 Å². The molecule has 0 unspecified atom stereocenters. The molecule has 1 N–H and O–H groups in total. The quantitative estimate of drug-likeness (QED) is 0.548. The molecule has 0 fully saturated rings. The fraction of sp³-hybridized carbons (Fsp3) is 0.227. The van der Waals surface area contributed by atoms with Crippen molar-refractivity contribution in [3.8, 4) is 11.5 Å². The maximum Gasteiger partial charge on any atom is 0.175 e. The molecule has 3 aromatic rings. The second-order valence-corrected chi connectivity index (χ2v) is 7.17. The summed E-state index contributed by atoms with van der Waals surface area (Å²) in [6.07, 6.45) is 1.80. The Kier molecular flexibility index (Phi) is 6.85. The van der Waals surface area contributed by atoms with Crippen LogP contribution in [0, 0.1) is 6.92 Å². The monoisotopic (exact) mass is 426 g/mol. The van der Waals surface area contributed by atoms with Crippen LogP contribution in [0.3, 0.4) is 0 Å². The minimum Gasteiger partial charge on any atom is -0.493 e. The van der Waals surface area contributed by atoms with Crippen LogP contribution in [-0.4, -0.2) is 12.1 Å². The van der Waals surface area contributed by atoms with Gasteiger partial charge >= 0.3 is 0 Å². The molecule has 140 valence electrons. The molecule has 3 rings (SSSR count). The topological polar surface area (TPSA) is 43.4 Å².